The third kappa shape index (κ3) is 16.3. The molecular formula is C90H102N11O9+. The molecule has 2 aliphatic heterocycles. The lowest BCUT2D eigenvalue weighted by molar-refractivity contribution is -0.670. The SMILES string of the molecule is COC(=O)C(Cc1c[n+](C)c[nH]1)N=C(O)CCCC(=O)OCc1cc2[nH]c1c(-c1ccccc1N=C(O)C1(C)CCCCC1)c1nc(c(-c3ccccc3N=C(O)C3(C)CCCCC3)c3ccc([nH]3)c(-c3ccccc3N=C(O)C3(C)CCCCC3)c3nc(c2-c2ccccc2N=C(O)C2(C)CCCCC2)C=C3)C=C1. The van der Waals surface area contributed by atoms with Crippen molar-refractivity contribution in [2.24, 2.45) is 53.7 Å². The predicted octanol–water partition coefficient (Wildman–Crippen LogP) is 21.7. The first kappa shape index (κ1) is 75.8. The van der Waals surface area contributed by atoms with E-state index in [0.717, 1.165) is 128 Å². The number of aliphatic hydroxyl groups is 5. The fourth-order valence-corrected chi connectivity index (χ4v) is 17.0. The molecule has 1 unspecified atom stereocenters. The Labute approximate surface area is 642 Å². The molecule has 20 heteroatoms. The van der Waals surface area contributed by atoms with Crippen molar-refractivity contribution in [2.45, 2.75) is 194 Å². The van der Waals surface area contributed by atoms with Crippen LogP contribution in [0.5, 0.6) is 0 Å². The normalized spacial score (nSPS) is 18.3. The van der Waals surface area contributed by atoms with E-state index in [4.69, 9.17) is 39.4 Å². The topological polar surface area (TPSA) is 293 Å². The summed E-state index contributed by atoms with van der Waals surface area (Å²) in [5.74, 6) is -1.28. The quantitative estimate of drug-likeness (QED) is 0.0137. The third-order valence-corrected chi connectivity index (χ3v) is 23.7. The van der Waals surface area contributed by atoms with Crippen LogP contribution in [0.15, 0.2) is 153 Å². The standard InChI is InChI=1S/C90H101N11O9/c1-87(44-19-7-20-45-87)83(105)97-63-32-15-11-28-59(63)77-67-38-39-68(92-67)78(60-29-12-16-33-64(60)98-84(106)88(2)46-21-8-22-47-88)70-42-43-72(94-70)80(62-31-14-18-35-66(62)100-86(108)90(4)50-25-10-26-51-90)81-57(55-110-76(103)37-27-36-75(102)95-74(82(104)109-6)53-58-54-101(5)56-91-58)52-73(96-81)79(71-41-40-69(77)93-71)61-30-13-17-34-65(61)99-85(107)89(3)48-23-9-24-49-89/h11-18,28-35,38-43,52,54,56,74H,7-10,19-27,36-37,44-51,53,55H2,1-6H3,(H7,92,93,94,95,96,97,98,99,100,102,105,106,107,108)/p+1. The molecule has 1 atom stereocenters. The summed E-state index contributed by atoms with van der Waals surface area (Å²) in [5.41, 5.74) is 10.7. The van der Waals surface area contributed by atoms with Gasteiger partial charge in [-0.15, -0.1) is 0 Å². The van der Waals surface area contributed by atoms with Crippen LogP contribution in [-0.4, -0.2) is 105 Å². The molecule has 110 heavy (non-hydrogen) atoms. The number of carbonyl (C=O) groups excluding carboxylic acids is 2. The number of hydrogen-bond acceptors (Lipinski definition) is 11. The van der Waals surface area contributed by atoms with E-state index < -0.39 is 39.6 Å². The average molecular weight is 1480 g/mol. The predicted molar refractivity (Wildman–Crippen MR) is 439 cm³/mol. The first-order chi connectivity index (χ1) is 53.2. The lowest BCUT2D eigenvalue weighted by Crippen LogP contribution is -2.29. The summed E-state index contributed by atoms with van der Waals surface area (Å²) >= 11 is 0. The summed E-state index contributed by atoms with van der Waals surface area (Å²) in [4.78, 5) is 75.1. The fraction of sp³-hybridized carbons (Fsp3) is 0.400. The van der Waals surface area contributed by atoms with Crippen LogP contribution >= 0.6 is 0 Å². The van der Waals surface area contributed by atoms with Crippen molar-refractivity contribution in [3.8, 4) is 44.5 Å². The van der Waals surface area contributed by atoms with Crippen molar-refractivity contribution >= 4 is 111 Å². The summed E-state index contributed by atoms with van der Waals surface area (Å²) in [7, 11) is 3.12. The molecule has 4 aromatic heterocycles. The molecule has 0 saturated heterocycles. The Morgan fingerprint density at radius 1 is 0.491 bits per heavy atom. The number of nitrogens with zero attached hydrogens (tertiary/aromatic N) is 8. The zero-order valence-electron chi connectivity index (χ0n) is 64.1. The maximum Gasteiger partial charge on any atom is 0.331 e. The molecular weight excluding hydrogens is 1380 g/mol. The first-order valence-electron chi connectivity index (χ1n) is 39.4. The summed E-state index contributed by atoms with van der Waals surface area (Å²) in [5, 5.41) is 60.6. The Hall–Kier alpha value is -11.0. The monoisotopic (exact) mass is 1480 g/mol. The van der Waals surface area contributed by atoms with Gasteiger partial charge in [-0.2, -0.15) is 0 Å². The van der Waals surface area contributed by atoms with E-state index in [0.29, 0.717) is 123 Å². The zero-order valence-corrected chi connectivity index (χ0v) is 64.1. The number of aliphatic imine (C=N–C) groups is 5. The van der Waals surface area contributed by atoms with Gasteiger partial charge in [0.2, 0.25) is 6.33 Å². The van der Waals surface area contributed by atoms with Crippen LogP contribution in [0.2, 0.25) is 0 Å². The minimum Gasteiger partial charge on any atom is -0.497 e. The molecule has 0 radical (unpaired) electrons. The highest BCUT2D eigenvalue weighted by Crippen LogP contribution is 2.49. The molecule has 4 aliphatic carbocycles. The van der Waals surface area contributed by atoms with Crippen molar-refractivity contribution in [1.82, 2.24) is 24.9 Å². The van der Waals surface area contributed by atoms with E-state index >= 15 is 0 Å². The Morgan fingerprint density at radius 2 is 0.864 bits per heavy atom. The summed E-state index contributed by atoms with van der Waals surface area (Å²) in [6.07, 6.45) is 30.0. The highest BCUT2D eigenvalue weighted by Gasteiger charge is 2.38. The van der Waals surface area contributed by atoms with Gasteiger partial charge in [0.1, 0.15) is 18.5 Å². The molecule has 8 aromatic rings. The Morgan fingerprint density at radius 3 is 1.25 bits per heavy atom. The number of ether oxygens (including phenoxy) is 2. The number of H-pyrrole nitrogens is 3. The maximum absolute atomic E-state index is 14.5. The van der Waals surface area contributed by atoms with Crippen molar-refractivity contribution in [3.05, 3.63) is 162 Å². The molecule has 0 spiro atoms. The Bertz CT molecular complexity index is 5190. The minimum absolute atomic E-state index is 0.0281. The highest BCUT2D eigenvalue weighted by molar-refractivity contribution is 6.05. The van der Waals surface area contributed by atoms with E-state index in [1.54, 1.807) is 6.33 Å². The van der Waals surface area contributed by atoms with Gasteiger partial charge in [0.25, 0.3) is 0 Å². The van der Waals surface area contributed by atoms with E-state index in [2.05, 4.69) is 47.6 Å². The van der Waals surface area contributed by atoms with Crippen LogP contribution < -0.4 is 4.57 Å². The van der Waals surface area contributed by atoms with E-state index in [1.807, 2.05) is 157 Å². The van der Waals surface area contributed by atoms with E-state index in [-0.39, 0.29) is 61.8 Å². The van der Waals surface area contributed by atoms with Crippen LogP contribution in [0.4, 0.5) is 22.7 Å². The molecule has 8 N–H and O–H groups in total. The number of aliphatic hydroxyl groups excluding tert-OH is 5. The number of imidazole rings is 1. The second kappa shape index (κ2) is 32.7. The van der Waals surface area contributed by atoms with Gasteiger partial charge in [-0.3, -0.25) is 4.79 Å². The number of esters is 2. The third-order valence-electron chi connectivity index (χ3n) is 23.7. The van der Waals surface area contributed by atoms with Gasteiger partial charge in [0.05, 0.1) is 65.2 Å². The van der Waals surface area contributed by atoms with Crippen molar-refractivity contribution < 1.29 is 49.2 Å². The number of aromatic amines is 3. The number of fused-ring (bicyclic) bond motifs is 8. The molecule has 4 saturated carbocycles. The van der Waals surface area contributed by atoms with Gasteiger partial charge in [-0.05, 0) is 125 Å². The van der Waals surface area contributed by atoms with E-state index in [9.17, 15) is 35.1 Å². The molecule has 6 heterocycles. The van der Waals surface area contributed by atoms with Gasteiger partial charge in [0, 0.05) is 108 Å². The van der Waals surface area contributed by atoms with Crippen LogP contribution in [-0.2, 0) is 39.1 Å². The molecule has 4 aromatic carbocycles. The molecule has 6 aliphatic rings. The zero-order chi connectivity index (χ0) is 76.7. The number of methoxy groups -OCH3 is 1. The van der Waals surface area contributed by atoms with E-state index in [1.165, 1.54) is 7.11 Å². The van der Waals surface area contributed by atoms with Crippen LogP contribution in [0.3, 0.4) is 0 Å². The van der Waals surface area contributed by atoms with Gasteiger partial charge >= 0.3 is 11.9 Å². The van der Waals surface area contributed by atoms with Crippen molar-refractivity contribution in [2.75, 3.05) is 7.11 Å². The van der Waals surface area contributed by atoms with Crippen LogP contribution in [0.25, 0.3) is 90.9 Å². The number of nitrogens with one attached hydrogen (secondary N) is 3. The second-order valence-electron chi connectivity index (χ2n) is 32.0. The summed E-state index contributed by atoms with van der Waals surface area (Å²) < 4.78 is 13.3. The van der Waals surface area contributed by atoms with Crippen LogP contribution in [0, 0.1) is 21.7 Å². The highest BCUT2D eigenvalue weighted by atomic mass is 16.5. The minimum atomic E-state index is -1.04. The number of para-hydroxylation sites is 4. The number of aromatic nitrogens is 6. The van der Waals surface area contributed by atoms with Gasteiger partial charge in [-0.1, -0.05) is 178 Å². The molecule has 0 amide bonds. The number of carbonyl (C=O) groups is 2. The maximum atomic E-state index is 14.5. The van der Waals surface area contributed by atoms with Crippen molar-refractivity contribution in [1.29, 1.82) is 0 Å². The van der Waals surface area contributed by atoms with Gasteiger partial charge in [-0.25, -0.2) is 49.3 Å². The Kier molecular flexibility index (Phi) is 22.5. The lowest BCUT2D eigenvalue weighted by Gasteiger charge is -2.31. The number of hydrogen-bond donors (Lipinski definition) is 8. The van der Waals surface area contributed by atoms with Crippen LogP contribution in [0.1, 0.15) is 209 Å². The molecule has 14 rings (SSSR count). The fourth-order valence-electron chi connectivity index (χ4n) is 17.0. The average Bonchev–Trinajstić information content (AvgIpc) is 1.59. The first-order valence-corrected chi connectivity index (χ1v) is 39.4. The lowest BCUT2D eigenvalue weighted by atomic mass is 9.75. The van der Waals surface area contributed by atoms with Gasteiger partial charge in [0.15, 0.2) is 35.5 Å². The second-order valence-corrected chi connectivity index (χ2v) is 32.0. The molecule has 20 nitrogen and oxygen atoms in total. The smallest absolute Gasteiger partial charge is 0.331 e. The summed E-state index contributed by atoms with van der Waals surface area (Å²) in [6, 6.07) is 36.1. The van der Waals surface area contributed by atoms with Gasteiger partial charge < -0.3 is 45.0 Å². The number of benzene rings is 4. The summed E-state index contributed by atoms with van der Waals surface area (Å²) in [6.45, 7) is 8.08. The number of rotatable bonds is 22. The van der Waals surface area contributed by atoms with Crippen molar-refractivity contribution in [3.63, 3.8) is 0 Å². The number of aryl methyl sites for hydroxylation is 1. The Balaban J connectivity index is 1.05. The molecule has 4 fully saturated rings. The molecule has 570 valence electrons. The molecule has 8 bridgehead atoms. The largest absolute Gasteiger partial charge is 0.497 e.